The normalized spacial score (nSPS) is 12.0. The Hall–Kier alpha value is -2.30. The molecule has 1 aromatic heterocycles. The first-order valence-electron chi connectivity index (χ1n) is 8.01. The van der Waals surface area contributed by atoms with Gasteiger partial charge in [0.25, 0.3) is 0 Å². The molecule has 0 saturated carbocycles. The van der Waals surface area contributed by atoms with Crippen molar-refractivity contribution >= 4 is 5.91 Å². The molecule has 1 N–H and O–H groups in total. The van der Waals surface area contributed by atoms with Crippen LogP contribution in [0.1, 0.15) is 39.0 Å². The number of amides is 1. The Morgan fingerprint density at radius 2 is 2.26 bits per heavy atom. The van der Waals surface area contributed by atoms with E-state index >= 15 is 0 Å². The third-order valence-electron chi connectivity index (χ3n) is 3.60. The zero-order chi connectivity index (χ0) is 16.7. The van der Waals surface area contributed by atoms with E-state index in [0.717, 1.165) is 24.2 Å². The lowest BCUT2D eigenvalue weighted by Gasteiger charge is -2.11. The predicted octanol–water partition coefficient (Wildman–Crippen LogP) is 3.59. The largest absolute Gasteiger partial charge is 0.497 e. The van der Waals surface area contributed by atoms with Crippen LogP contribution in [0.2, 0.25) is 0 Å². The summed E-state index contributed by atoms with van der Waals surface area (Å²) in [6, 6.07) is 7.82. The van der Waals surface area contributed by atoms with Gasteiger partial charge in [-0.15, -0.1) is 0 Å². The van der Waals surface area contributed by atoms with Crippen molar-refractivity contribution in [2.24, 2.45) is 0 Å². The summed E-state index contributed by atoms with van der Waals surface area (Å²) in [6.07, 6.45) is 4.61. The molecule has 1 heterocycles. The number of methoxy groups -OCH3 is 1. The summed E-state index contributed by atoms with van der Waals surface area (Å²) >= 11 is 0. The van der Waals surface area contributed by atoms with E-state index in [1.165, 1.54) is 0 Å². The SMILES string of the molecule is CCCC(C)NC(=O)CCc1ncc(-c2cccc(OC)c2)o1. The summed E-state index contributed by atoms with van der Waals surface area (Å²) in [5.41, 5.74) is 0.907. The molecular formula is C18H24N2O3. The number of hydrogen-bond acceptors (Lipinski definition) is 4. The Morgan fingerprint density at radius 3 is 3.00 bits per heavy atom. The molecule has 5 heteroatoms. The molecule has 0 fully saturated rings. The van der Waals surface area contributed by atoms with Crippen molar-refractivity contribution in [2.75, 3.05) is 7.11 Å². The van der Waals surface area contributed by atoms with Crippen molar-refractivity contribution in [3.05, 3.63) is 36.4 Å². The number of nitrogens with zero attached hydrogens (tertiary/aromatic N) is 1. The van der Waals surface area contributed by atoms with E-state index in [1.807, 2.05) is 31.2 Å². The zero-order valence-corrected chi connectivity index (χ0v) is 14.0. The maximum Gasteiger partial charge on any atom is 0.220 e. The number of benzene rings is 1. The number of aromatic nitrogens is 1. The number of hydrogen-bond donors (Lipinski definition) is 1. The van der Waals surface area contributed by atoms with Gasteiger partial charge in [-0.05, 0) is 25.5 Å². The Morgan fingerprint density at radius 1 is 1.43 bits per heavy atom. The second kappa shape index (κ2) is 8.36. The zero-order valence-electron chi connectivity index (χ0n) is 14.0. The van der Waals surface area contributed by atoms with Crippen molar-refractivity contribution in [1.29, 1.82) is 0 Å². The van der Waals surface area contributed by atoms with Gasteiger partial charge in [-0.25, -0.2) is 4.98 Å². The van der Waals surface area contributed by atoms with Crippen molar-refractivity contribution in [2.45, 2.75) is 45.6 Å². The first kappa shape index (κ1) is 17.1. The van der Waals surface area contributed by atoms with E-state index in [2.05, 4.69) is 17.2 Å². The molecule has 1 aromatic carbocycles. The highest BCUT2D eigenvalue weighted by atomic mass is 16.5. The Bertz CT molecular complexity index is 637. The maximum absolute atomic E-state index is 11.9. The van der Waals surface area contributed by atoms with Gasteiger partial charge >= 0.3 is 0 Å². The van der Waals surface area contributed by atoms with E-state index in [0.29, 0.717) is 24.5 Å². The smallest absolute Gasteiger partial charge is 0.220 e. The van der Waals surface area contributed by atoms with E-state index in [-0.39, 0.29) is 11.9 Å². The minimum atomic E-state index is 0.0343. The number of oxazole rings is 1. The van der Waals surface area contributed by atoms with Gasteiger partial charge in [0, 0.05) is 24.4 Å². The molecule has 1 amide bonds. The number of carbonyl (C=O) groups is 1. The van der Waals surface area contributed by atoms with Crippen LogP contribution in [0.5, 0.6) is 5.75 Å². The summed E-state index contributed by atoms with van der Waals surface area (Å²) in [7, 11) is 1.63. The summed E-state index contributed by atoms with van der Waals surface area (Å²) < 4.78 is 10.9. The summed E-state index contributed by atoms with van der Waals surface area (Å²) in [5.74, 6) is 2.05. The third kappa shape index (κ3) is 5.13. The average molecular weight is 316 g/mol. The molecule has 2 aromatic rings. The Labute approximate surface area is 137 Å². The van der Waals surface area contributed by atoms with Crippen LogP contribution < -0.4 is 10.1 Å². The van der Waals surface area contributed by atoms with Crippen LogP contribution in [0.25, 0.3) is 11.3 Å². The molecule has 0 saturated heterocycles. The third-order valence-corrected chi connectivity index (χ3v) is 3.60. The lowest BCUT2D eigenvalue weighted by Crippen LogP contribution is -2.32. The van der Waals surface area contributed by atoms with E-state index in [9.17, 15) is 4.79 Å². The van der Waals surface area contributed by atoms with Crippen LogP contribution in [0, 0.1) is 0 Å². The van der Waals surface area contributed by atoms with Crippen LogP contribution >= 0.6 is 0 Å². The van der Waals surface area contributed by atoms with Crippen LogP contribution in [0.3, 0.4) is 0 Å². The van der Waals surface area contributed by atoms with Crippen LogP contribution in [0.15, 0.2) is 34.9 Å². The number of aryl methyl sites for hydroxylation is 1. The molecule has 0 radical (unpaired) electrons. The summed E-state index contributed by atoms with van der Waals surface area (Å²) in [5, 5.41) is 2.98. The molecule has 0 aliphatic carbocycles. The lowest BCUT2D eigenvalue weighted by molar-refractivity contribution is -0.121. The molecule has 0 aliphatic rings. The Balaban J connectivity index is 1.91. The summed E-state index contributed by atoms with van der Waals surface area (Å²) in [4.78, 5) is 16.1. The lowest BCUT2D eigenvalue weighted by atomic mass is 10.2. The van der Waals surface area contributed by atoms with Gasteiger partial charge in [-0.3, -0.25) is 4.79 Å². The minimum Gasteiger partial charge on any atom is -0.497 e. The molecule has 23 heavy (non-hydrogen) atoms. The van der Waals surface area contributed by atoms with Gasteiger partial charge in [0.1, 0.15) is 5.75 Å². The molecule has 0 spiro atoms. The fraction of sp³-hybridized carbons (Fsp3) is 0.444. The number of rotatable bonds is 8. The Kier molecular flexibility index (Phi) is 6.20. The van der Waals surface area contributed by atoms with Gasteiger partial charge in [0.15, 0.2) is 11.7 Å². The van der Waals surface area contributed by atoms with Crippen LogP contribution in [-0.4, -0.2) is 24.0 Å². The highest BCUT2D eigenvalue weighted by Gasteiger charge is 2.11. The fourth-order valence-corrected chi connectivity index (χ4v) is 2.41. The predicted molar refractivity (Wildman–Crippen MR) is 89.3 cm³/mol. The second-order valence-electron chi connectivity index (χ2n) is 5.61. The van der Waals surface area contributed by atoms with Gasteiger partial charge in [0.2, 0.25) is 5.91 Å². The molecule has 1 unspecified atom stereocenters. The number of ether oxygens (including phenoxy) is 1. The topological polar surface area (TPSA) is 64.4 Å². The van der Waals surface area contributed by atoms with E-state index in [4.69, 9.17) is 9.15 Å². The van der Waals surface area contributed by atoms with Crippen molar-refractivity contribution < 1.29 is 13.9 Å². The van der Waals surface area contributed by atoms with Crippen LogP contribution in [-0.2, 0) is 11.2 Å². The van der Waals surface area contributed by atoms with Crippen molar-refractivity contribution in [1.82, 2.24) is 10.3 Å². The molecule has 5 nitrogen and oxygen atoms in total. The minimum absolute atomic E-state index is 0.0343. The van der Waals surface area contributed by atoms with Crippen molar-refractivity contribution in [3.63, 3.8) is 0 Å². The van der Waals surface area contributed by atoms with E-state index < -0.39 is 0 Å². The second-order valence-corrected chi connectivity index (χ2v) is 5.61. The van der Waals surface area contributed by atoms with Crippen LogP contribution in [0.4, 0.5) is 0 Å². The van der Waals surface area contributed by atoms with Gasteiger partial charge in [-0.1, -0.05) is 25.5 Å². The monoisotopic (exact) mass is 316 g/mol. The van der Waals surface area contributed by atoms with Gasteiger partial charge in [-0.2, -0.15) is 0 Å². The van der Waals surface area contributed by atoms with Gasteiger partial charge < -0.3 is 14.5 Å². The number of nitrogens with one attached hydrogen (secondary N) is 1. The maximum atomic E-state index is 11.9. The molecule has 2 rings (SSSR count). The average Bonchev–Trinajstić information content (AvgIpc) is 3.02. The quantitative estimate of drug-likeness (QED) is 0.808. The first-order valence-corrected chi connectivity index (χ1v) is 8.01. The van der Waals surface area contributed by atoms with Crippen molar-refractivity contribution in [3.8, 4) is 17.1 Å². The number of carbonyl (C=O) groups excluding carboxylic acids is 1. The van der Waals surface area contributed by atoms with E-state index in [1.54, 1.807) is 13.3 Å². The molecular weight excluding hydrogens is 292 g/mol. The highest BCUT2D eigenvalue weighted by molar-refractivity contribution is 5.76. The molecule has 1 atom stereocenters. The summed E-state index contributed by atoms with van der Waals surface area (Å²) in [6.45, 7) is 4.13. The standard InChI is InChI=1S/C18H24N2O3/c1-4-6-13(2)20-17(21)9-10-18-19-12-16(23-18)14-7-5-8-15(11-14)22-3/h5,7-8,11-13H,4,6,9-10H2,1-3H3,(H,20,21). The molecule has 0 bridgehead atoms. The first-order chi connectivity index (χ1) is 11.1. The van der Waals surface area contributed by atoms with Gasteiger partial charge in [0.05, 0.1) is 13.3 Å². The molecule has 124 valence electrons. The molecule has 0 aliphatic heterocycles. The highest BCUT2D eigenvalue weighted by Crippen LogP contribution is 2.24. The fourth-order valence-electron chi connectivity index (χ4n) is 2.41.